The Hall–Kier alpha value is -2.04. The topological polar surface area (TPSA) is 64.6 Å². The lowest BCUT2D eigenvalue weighted by molar-refractivity contribution is -0.116. The van der Waals surface area contributed by atoms with Crippen molar-refractivity contribution in [1.82, 2.24) is 0 Å². The zero-order valence-electron chi connectivity index (χ0n) is 13.3. The summed E-state index contributed by atoms with van der Waals surface area (Å²) in [4.78, 5) is 23.0. The van der Waals surface area contributed by atoms with Gasteiger partial charge in [0, 0.05) is 12.5 Å². The maximum atomic E-state index is 11.9. The summed E-state index contributed by atoms with van der Waals surface area (Å²) < 4.78 is 10.4. The highest BCUT2D eigenvalue weighted by Crippen LogP contribution is 2.24. The summed E-state index contributed by atoms with van der Waals surface area (Å²) in [5.74, 6) is 0.738. The molecule has 0 heterocycles. The van der Waals surface area contributed by atoms with Crippen LogP contribution in [0.2, 0.25) is 0 Å². The summed E-state index contributed by atoms with van der Waals surface area (Å²) in [5, 5.41) is 2.71. The maximum Gasteiger partial charge on any atom is 0.412 e. The highest BCUT2D eigenvalue weighted by Gasteiger charge is 2.17. The molecule has 1 rings (SSSR count). The third-order valence-electron chi connectivity index (χ3n) is 2.70. The number of carbonyl (C=O) groups excluding carboxylic acids is 2. The van der Waals surface area contributed by atoms with E-state index in [2.05, 4.69) is 5.32 Å². The molecule has 0 saturated heterocycles. The van der Waals surface area contributed by atoms with Gasteiger partial charge in [0.1, 0.15) is 17.1 Å². The molecule has 21 heavy (non-hydrogen) atoms. The third-order valence-corrected chi connectivity index (χ3v) is 2.70. The second-order valence-electron chi connectivity index (χ2n) is 5.85. The Morgan fingerprint density at radius 3 is 2.43 bits per heavy atom. The van der Waals surface area contributed by atoms with Crippen LogP contribution in [-0.4, -0.2) is 24.6 Å². The summed E-state index contributed by atoms with van der Waals surface area (Å²) >= 11 is 0. The Morgan fingerprint density at radius 1 is 1.24 bits per heavy atom. The Kier molecular flexibility index (Phi) is 5.76. The first-order valence-corrected chi connectivity index (χ1v) is 6.87. The average Bonchev–Trinajstić information content (AvgIpc) is 2.34. The van der Waals surface area contributed by atoms with Gasteiger partial charge in [-0.15, -0.1) is 0 Å². The lowest BCUT2D eigenvalue weighted by atomic mass is 10.1. The minimum atomic E-state index is -0.567. The summed E-state index contributed by atoms with van der Waals surface area (Å²) in [6.45, 7) is 6.95. The predicted molar refractivity (Wildman–Crippen MR) is 81.9 cm³/mol. The largest absolute Gasteiger partial charge is 0.497 e. The SMILES string of the molecule is COc1ccc(CCC(C)=O)c(NC(=O)OC(C)(C)C)c1. The molecule has 116 valence electrons. The zero-order chi connectivity index (χ0) is 16.0. The van der Waals surface area contributed by atoms with Crippen LogP contribution in [0.5, 0.6) is 5.75 Å². The van der Waals surface area contributed by atoms with Crippen molar-refractivity contribution in [2.24, 2.45) is 0 Å². The number of carbonyl (C=O) groups is 2. The van der Waals surface area contributed by atoms with E-state index in [4.69, 9.17) is 9.47 Å². The van der Waals surface area contributed by atoms with Gasteiger partial charge in [-0.05, 0) is 45.7 Å². The van der Waals surface area contributed by atoms with Gasteiger partial charge in [0.2, 0.25) is 0 Å². The number of Topliss-reactive ketones (excluding diaryl/α,β-unsaturated/α-hetero) is 1. The van der Waals surface area contributed by atoms with E-state index in [1.165, 1.54) is 0 Å². The number of amides is 1. The van der Waals surface area contributed by atoms with Crippen molar-refractivity contribution in [2.75, 3.05) is 12.4 Å². The monoisotopic (exact) mass is 293 g/mol. The molecule has 0 unspecified atom stereocenters. The molecule has 0 spiro atoms. The van der Waals surface area contributed by atoms with Crippen LogP contribution in [0.1, 0.15) is 39.7 Å². The summed E-state index contributed by atoms with van der Waals surface area (Å²) in [6, 6.07) is 5.36. The highest BCUT2D eigenvalue weighted by molar-refractivity contribution is 5.86. The van der Waals surface area contributed by atoms with Gasteiger partial charge in [-0.1, -0.05) is 6.07 Å². The number of methoxy groups -OCH3 is 1. The fourth-order valence-electron chi connectivity index (χ4n) is 1.74. The number of hydrogen-bond donors (Lipinski definition) is 1. The average molecular weight is 293 g/mol. The van der Waals surface area contributed by atoms with Crippen molar-refractivity contribution >= 4 is 17.6 Å². The standard InChI is InChI=1S/C16H23NO4/c1-11(18)6-7-12-8-9-13(20-5)10-14(12)17-15(19)21-16(2,3)4/h8-10H,6-7H2,1-5H3,(H,17,19). The van der Waals surface area contributed by atoms with Gasteiger partial charge in [0.25, 0.3) is 0 Å². The Balaban J connectivity index is 2.90. The zero-order valence-corrected chi connectivity index (χ0v) is 13.3. The number of anilines is 1. The number of hydrogen-bond acceptors (Lipinski definition) is 4. The van der Waals surface area contributed by atoms with Crippen LogP contribution < -0.4 is 10.1 Å². The molecule has 0 atom stereocenters. The quantitative estimate of drug-likeness (QED) is 0.901. The van der Waals surface area contributed by atoms with Crippen LogP contribution in [-0.2, 0) is 16.0 Å². The van der Waals surface area contributed by atoms with Crippen LogP contribution in [0.15, 0.2) is 18.2 Å². The van der Waals surface area contributed by atoms with E-state index >= 15 is 0 Å². The van der Waals surface area contributed by atoms with Crippen LogP contribution in [0, 0.1) is 0 Å². The van der Waals surface area contributed by atoms with E-state index in [1.54, 1.807) is 46.9 Å². The first kappa shape index (κ1) is 17.0. The molecule has 5 heteroatoms. The predicted octanol–water partition coefficient (Wildman–Crippen LogP) is 3.56. The van der Waals surface area contributed by atoms with Crippen molar-refractivity contribution < 1.29 is 19.1 Å². The number of ether oxygens (including phenoxy) is 2. The molecule has 1 aromatic rings. The van der Waals surface area contributed by atoms with Crippen molar-refractivity contribution in [3.8, 4) is 5.75 Å². The second kappa shape index (κ2) is 7.11. The van der Waals surface area contributed by atoms with Crippen molar-refractivity contribution in [2.45, 2.75) is 46.1 Å². The van der Waals surface area contributed by atoms with Gasteiger partial charge >= 0.3 is 6.09 Å². The minimum Gasteiger partial charge on any atom is -0.497 e. The molecule has 1 N–H and O–H groups in total. The molecular weight excluding hydrogens is 270 g/mol. The number of aryl methyl sites for hydroxylation is 1. The van der Waals surface area contributed by atoms with E-state index in [0.29, 0.717) is 24.3 Å². The highest BCUT2D eigenvalue weighted by atomic mass is 16.6. The van der Waals surface area contributed by atoms with Gasteiger partial charge in [-0.2, -0.15) is 0 Å². The minimum absolute atomic E-state index is 0.106. The van der Waals surface area contributed by atoms with E-state index in [9.17, 15) is 9.59 Å². The molecule has 0 aliphatic heterocycles. The van der Waals surface area contributed by atoms with Gasteiger partial charge in [0.05, 0.1) is 12.8 Å². The van der Waals surface area contributed by atoms with Crippen LogP contribution in [0.25, 0.3) is 0 Å². The van der Waals surface area contributed by atoms with E-state index < -0.39 is 11.7 Å². The van der Waals surface area contributed by atoms with Crippen molar-refractivity contribution in [1.29, 1.82) is 0 Å². The number of nitrogens with one attached hydrogen (secondary N) is 1. The first-order valence-electron chi connectivity index (χ1n) is 6.87. The van der Waals surface area contributed by atoms with Crippen LogP contribution >= 0.6 is 0 Å². The molecule has 1 aromatic carbocycles. The second-order valence-corrected chi connectivity index (χ2v) is 5.85. The maximum absolute atomic E-state index is 11.9. The van der Waals surface area contributed by atoms with Crippen LogP contribution in [0.4, 0.5) is 10.5 Å². The van der Waals surface area contributed by atoms with Crippen molar-refractivity contribution in [3.05, 3.63) is 23.8 Å². The first-order chi connectivity index (χ1) is 9.71. The lowest BCUT2D eigenvalue weighted by Crippen LogP contribution is -2.27. The molecule has 0 bridgehead atoms. The summed E-state index contributed by atoms with van der Waals surface area (Å²) in [5.41, 5.74) is 0.907. The summed E-state index contributed by atoms with van der Waals surface area (Å²) in [6.07, 6.45) is 0.458. The molecule has 0 fully saturated rings. The molecular formula is C16H23NO4. The fourth-order valence-corrected chi connectivity index (χ4v) is 1.74. The van der Waals surface area contributed by atoms with Crippen LogP contribution in [0.3, 0.4) is 0 Å². The third kappa shape index (κ3) is 6.29. The van der Waals surface area contributed by atoms with Gasteiger partial charge in [-0.3, -0.25) is 5.32 Å². The Bertz CT molecular complexity index is 517. The number of ketones is 1. The molecule has 0 aliphatic carbocycles. The van der Waals surface area contributed by atoms with Gasteiger partial charge in [0.15, 0.2) is 0 Å². The van der Waals surface area contributed by atoms with Gasteiger partial charge in [-0.25, -0.2) is 4.79 Å². The summed E-state index contributed by atoms with van der Waals surface area (Å²) in [7, 11) is 1.56. The Morgan fingerprint density at radius 2 is 1.90 bits per heavy atom. The smallest absolute Gasteiger partial charge is 0.412 e. The van der Waals surface area contributed by atoms with E-state index in [0.717, 1.165) is 5.56 Å². The van der Waals surface area contributed by atoms with Gasteiger partial charge < -0.3 is 14.3 Å². The molecule has 0 aliphatic rings. The molecule has 0 radical (unpaired) electrons. The molecule has 5 nitrogen and oxygen atoms in total. The van der Waals surface area contributed by atoms with E-state index in [-0.39, 0.29) is 5.78 Å². The van der Waals surface area contributed by atoms with E-state index in [1.807, 2.05) is 6.07 Å². The Labute approximate surface area is 125 Å². The van der Waals surface area contributed by atoms with Crippen molar-refractivity contribution in [3.63, 3.8) is 0 Å². The fraction of sp³-hybridized carbons (Fsp3) is 0.500. The molecule has 0 saturated carbocycles. The molecule has 1 amide bonds. The lowest BCUT2D eigenvalue weighted by Gasteiger charge is -2.20. The number of benzene rings is 1. The normalized spacial score (nSPS) is 10.9. The molecule has 0 aromatic heterocycles. The number of rotatable bonds is 5.